The van der Waals surface area contributed by atoms with Crippen molar-refractivity contribution in [3.63, 3.8) is 0 Å². The first-order valence-electron chi connectivity index (χ1n) is 8.75. The number of hydrogen-bond donors (Lipinski definition) is 2. The van der Waals surface area contributed by atoms with Gasteiger partial charge in [-0.3, -0.25) is 5.41 Å². The van der Waals surface area contributed by atoms with Gasteiger partial charge in [0, 0.05) is 16.9 Å². The summed E-state index contributed by atoms with van der Waals surface area (Å²) in [6, 6.07) is 13.3. The maximum atomic E-state index is 9.80. The number of nitrogens with zero attached hydrogens (tertiary/aromatic N) is 2. The van der Waals surface area contributed by atoms with Crippen molar-refractivity contribution >= 4 is 38.5 Å². The lowest BCUT2D eigenvalue weighted by Gasteiger charge is -2.31. The molecule has 0 aliphatic carbocycles. The molecule has 3 N–H and O–H groups in total. The van der Waals surface area contributed by atoms with E-state index < -0.39 is 11.8 Å². The Morgan fingerprint density at radius 2 is 1.97 bits per heavy atom. The van der Waals surface area contributed by atoms with E-state index in [0.29, 0.717) is 33.1 Å². The molecule has 1 aromatic heterocycles. The number of benzene rings is 2. The lowest BCUT2D eigenvalue weighted by Crippen LogP contribution is -2.31. The van der Waals surface area contributed by atoms with Gasteiger partial charge in [-0.25, -0.2) is 4.98 Å². The number of nitrogens with two attached hydrogens (primary N) is 1. The van der Waals surface area contributed by atoms with Crippen molar-refractivity contribution in [1.82, 2.24) is 4.98 Å². The largest absolute Gasteiger partial charge is 0.493 e. The minimum absolute atomic E-state index is 0.132. The van der Waals surface area contributed by atoms with Crippen molar-refractivity contribution in [3.05, 3.63) is 52.0 Å². The smallest absolute Gasteiger partial charge is 0.205 e. The van der Waals surface area contributed by atoms with Crippen LogP contribution in [0.5, 0.6) is 17.2 Å². The number of rotatable bonds is 3. The molecular formula is C21H17BrN4O3. The Hall–Kier alpha value is -3.31. The summed E-state index contributed by atoms with van der Waals surface area (Å²) in [4.78, 5) is 4.40. The molecular weight excluding hydrogens is 436 g/mol. The topological polar surface area (TPSA) is 114 Å². The maximum absolute atomic E-state index is 9.80. The van der Waals surface area contributed by atoms with Crippen LogP contribution in [0.4, 0.5) is 5.82 Å². The monoisotopic (exact) mass is 452 g/mol. The number of aromatic nitrogens is 1. The zero-order chi connectivity index (χ0) is 20.7. The number of nitriles is 1. The third-order valence-electron chi connectivity index (χ3n) is 4.98. The first-order valence-corrected chi connectivity index (χ1v) is 9.54. The van der Waals surface area contributed by atoms with Crippen LogP contribution >= 0.6 is 15.9 Å². The summed E-state index contributed by atoms with van der Waals surface area (Å²) < 4.78 is 17.3. The zero-order valence-corrected chi connectivity index (χ0v) is 17.3. The van der Waals surface area contributed by atoms with Crippen molar-refractivity contribution in [2.24, 2.45) is 5.92 Å². The third kappa shape index (κ3) is 3.04. The van der Waals surface area contributed by atoms with Gasteiger partial charge in [0.05, 0.1) is 24.8 Å². The molecule has 0 amide bonds. The summed E-state index contributed by atoms with van der Waals surface area (Å²) in [6.07, 6.45) is 0. The Bertz CT molecular complexity index is 1190. The van der Waals surface area contributed by atoms with E-state index in [0.717, 1.165) is 16.5 Å². The second kappa shape index (κ2) is 7.26. The fraction of sp³-hybridized carbons (Fsp3) is 0.190. The van der Waals surface area contributed by atoms with Crippen LogP contribution in [0.1, 0.15) is 17.0 Å². The number of fused-ring (bicyclic) bond motifs is 3. The molecule has 2 heterocycles. The Morgan fingerprint density at radius 1 is 1.21 bits per heavy atom. The Kier molecular flexibility index (Phi) is 4.76. The SMILES string of the molecule is COc1cc([C@H]2c3ccc4ccc(N)nc4c3OC(=N)C2C#N)cc(Br)c1OC. The van der Waals surface area contributed by atoms with E-state index >= 15 is 0 Å². The van der Waals surface area contributed by atoms with Crippen LogP contribution < -0.4 is 19.9 Å². The van der Waals surface area contributed by atoms with Gasteiger partial charge in [-0.15, -0.1) is 0 Å². The molecule has 4 rings (SSSR count). The molecule has 7 nitrogen and oxygen atoms in total. The number of methoxy groups -OCH3 is 2. The molecule has 2 atom stereocenters. The number of anilines is 1. The zero-order valence-electron chi connectivity index (χ0n) is 15.7. The third-order valence-corrected chi connectivity index (χ3v) is 5.57. The van der Waals surface area contributed by atoms with Crippen LogP contribution in [0.2, 0.25) is 0 Å². The van der Waals surface area contributed by atoms with E-state index in [1.165, 1.54) is 0 Å². The van der Waals surface area contributed by atoms with Gasteiger partial charge in [-0.1, -0.05) is 12.1 Å². The average molecular weight is 453 g/mol. The Balaban J connectivity index is 2.00. The number of nitrogens with one attached hydrogen (secondary N) is 1. The fourth-order valence-electron chi connectivity index (χ4n) is 3.67. The Morgan fingerprint density at radius 3 is 2.66 bits per heavy atom. The summed E-state index contributed by atoms with van der Waals surface area (Å²) in [7, 11) is 3.11. The first kappa shape index (κ1) is 19.0. The predicted molar refractivity (Wildman–Crippen MR) is 113 cm³/mol. The number of halogens is 1. The van der Waals surface area contributed by atoms with Gasteiger partial charge in [0.1, 0.15) is 17.3 Å². The second-order valence-electron chi connectivity index (χ2n) is 6.58. The van der Waals surface area contributed by atoms with E-state index in [1.807, 2.05) is 30.3 Å². The lowest BCUT2D eigenvalue weighted by atomic mass is 9.78. The highest BCUT2D eigenvalue weighted by Crippen LogP contribution is 2.47. The summed E-state index contributed by atoms with van der Waals surface area (Å²) >= 11 is 3.51. The van der Waals surface area contributed by atoms with E-state index in [9.17, 15) is 5.26 Å². The molecule has 1 aliphatic rings. The normalized spacial score (nSPS) is 17.9. The second-order valence-corrected chi connectivity index (χ2v) is 7.44. The van der Waals surface area contributed by atoms with E-state index in [2.05, 4.69) is 27.0 Å². The van der Waals surface area contributed by atoms with Crippen molar-refractivity contribution < 1.29 is 14.2 Å². The number of hydrogen-bond acceptors (Lipinski definition) is 7. The quantitative estimate of drug-likeness (QED) is 0.613. The van der Waals surface area contributed by atoms with Gasteiger partial charge < -0.3 is 19.9 Å². The van der Waals surface area contributed by atoms with Gasteiger partial charge in [-0.05, 0) is 45.8 Å². The molecule has 0 radical (unpaired) electrons. The molecule has 146 valence electrons. The minimum atomic E-state index is -0.800. The molecule has 3 aromatic rings. The average Bonchev–Trinajstić information content (AvgIpc) is 2.72. The van der Waals surface area contributed by atoms with Crippen LogP contribution in [0.25, 0.3) is 10.9 Å². The van der Waals surface area contributed by atoms with Crippen molar-refractivity contribution in [3.8, 4) is 23.3 Å². The van der Waals surface area contributed by atoms with Crippen LogP contribution in [-0.4, -0.2) is 25.1 Å². The van der Waals surface area contributed by atoms with E-state index in [1.54, 1.807) is 20.3 Å². The summed E-state index contributed by atoms with van der Waals surface area (Å²) in [5.74, 6) is 0.506. The van der Waals surface area contributed by atoms with Crippen LogP contribution in [0, 0.1) is 22.7 Å². The van der Waals surface area contributed by atoms with E-state index in [-0.39, 0.29) is 5.90 Å². The molecule has 2 aromatic carbocycles. The molecule has 1 aliphatic heterocycles. The van der Waals surface area contributed by atoms with Crippen LogP contribution in [0.3, 0.4) is 0 Å². The lowest BCUT2D eigenvalue weighted by molar-refractivity contribution is 0.352. The molecule has 8 heteroatoms. The Labute approximate surface area is 175 Å². The summed E-state index contributed by atoms with van der Waals surface area (Å²) in [5, 5.41) is 19.0. The summed E-state index contributed by atoms with van der Waals surface area (Å²) in [5.41, 5.74) is 7.99. The number of pyridine rings is 1. The fourth-order valence-corrected chi connectivity index (χ4v) is 4.29. The van der Waals surface area contributed by atoms with Gasteiger partial charge >= 0.3 is 0 Å². The minimum Gasteiger partial charge on any atom is -0.493 e. The molecule has 0 spiro atoms. The predicted octanol–water partition coefficient (Wildman–Crippen LogP) is 4.24. The van der Waals surface area contributed by atoms with Gasteiger partial charge in [0.15, 0.2) is 17.2 Å². The van der Waals surface area contributed by atoms with Gasteiger partial charge in [0.2, 0.25) is 5.90 Å². The van der Waals surface area contributed by atoms with Crippen molar-refractivity contribution in [2.75, 3.05) is 20.0 Å². The molecule has 0 fully saturated rings. The van der Waals surface area contributed by atoms with Crippen molar-refractivity contribution in [1.29, 1.82) is 10.7 Å². The highest BCUT2D eigenvalue weighted by Gasteiger charge is 2.38. The van der Waals surface area contributed by atoms with E-state index in [4.69, 9.17) is 25.4 Å². The maximum Gasteiger partial charge on any atom is 0.205 e. The standard InChI is InChI=1S/C21H17BrN4O3/c1-27-15-8-11(7-14(22)20(15)28-2)17-12-5-3-10-4-6-16(24)26-18(10)19(12)29-21(25)13(17)9-23/h3-8,13,17,25H,1-2H3,(H2,24,26)/t13?,17-/m0/s1. The van der Waals surface area contributed by atoms with Gasteiger partial charge in [0.25, 0.3) is 0 Å². The highest BCUT2D eigenvalue weighted by molar-refractivity contribution is 9.10. The summed E-state index contributed by atoms with van der Waals surface area (Å²) in [6.45, 7) is 0. The number of ether oxygens (including phenoxy) is 3. The molecule has 1 unspecified atom stereocenters. The van der Waals surface area contributed by atoms with Crippen molar-refractivity contribution in [2.45, 2.75) is 5.92 Å². The molecule has 29 heavy (non-hydrogen) atoms. The van der Waals surface area contributed by atoms with Gasteiger partial charge in [-0.2, -0.15) is 5.26 Å². The van der Waals surface area contributed by atoms with Crippen LogP contribution in [-0.2, 0) is 0 Å². The van der Waals surface area contributed by atoms with Crippen LogP contribution in [0.15, 0.2) is 40.9 Å². The molecule has 0 saturated carbocycles. The molecule has 0 saturated heterocycles. The number of nitrogen functional groups attached to an aromatic ring is 1. The first-order chi connectivity index (χ1) is 14.0. The molecule has 0 bridgehead atoms. The highest BCUT2D eigenvalue weighted by atomic mass is 79.9.